The summed E-state index contributed by atoms with van der Waals surface area (Å²) in [6.07, 6.45) is 6.01. The van der Waals surface area contributed by atoms with Crippen molar-refractivity contribution >= 4 is 45.2 Å². The predicted octanol–water partition coefficient (Wildman–Crippen LogP) is 4.84. The molecule has 8 rings (SSSR count). The summed E-state index contributed by atoms with van der Waals surface area (Å²) in [6, 6.07) is 15.7. The summed E-state index contributed by atoms with van der Waals surface area (Å²) in [5, 5.41) is 7.29. The molecule has 2 aliphatic heterocycles. The average molecular weight is 558 g/mol. The minimum Gasteiger partial charge on any atom is -0.317 e. The lowest BCUT2D eigenvalue weighted by Gasteiger charge is -2.28. The van der Waals surface area contributed by atoms with Crippen molar-refractivity contribution in [1.82, 2.24) is 15.1 Å². The molecule has 0 bridgehead atoms. The fourth-order valence-electron chi connectivity index (χ4n) is 7.55. The summed E-state index contributed by atoms with van der Waals surface area (Å²) in [5.41, 5.74) is 7.46. The second-order valence-electron chi connectivity index (χ2n) is 11.9. The number of imide groups is 2. The molecule has 0 unspecified atom stereocenters. The zero-order chi connectivity index (χ0) is 28.5. The molecule has 210 valence electrons. The van der Waals surface area contributed by atoms with Crippen LogP contribution in [0.15, 0.2) is 48.5 Å². The standard InChI is InChI=1S/C35H31N3O4/c39-32-24-12-8-20-4-5-21-9-13-25(30(24)28(20)21)33(40)37(32)18-2-1-16-36-17-3-19-38-34(41)26-14-10-22-6-7-23-11-15-27(35(38)42)31(26)29(22)23/h8-15,36H,1-7,16-19H2. The predicted molar refractivity (Wildman–Crippen MR) is 160 cm³/mol. The van der Waals surface area contributed by atoms with E-state index in [0.717, 1.165) is 60.2 Å². The number of carbonyl (C=O) groups is 4. The number of nitrogens with zero attached hydrogens (tertiary/aromatic N) is 2. The number of nitrogens with one attached hydrogen (secondary N) is 1. The molecule has 1 N–H and O–H groups in total. The van der Waals surface area contributed by atoms with Gasteiger partial charge in [0.1, 0.15) is 0 Å². The first-order valence-corrected chi connectivity index (χ1v) is 15.1. The number of rotatable bonds is 9. The van der Waals surface area contributed by atoms with Crippen molar-refractivity contribution in [3.63, 3.8) is 0 Å². The number of hydrogen-bond acceptors (Lipinski definition) is 5. The summed E-state index contributed by atoms with van der Waals surface area (Å²) in [6.45, 7) is 2.14. The van der Waals surface area contributed by atoms with Gasteiger partial charge in [0.05, 0.1) is 0 Å². The van der Waals surface area contributed by atoms with E-state index >= 15 is 0 Å². The molecule has 42 heavy (non-hydrogen) atoms. The lowest BCUT2D eigenvalue weighted by Crippen LogP contribution is -2.41. The van der Waals surface area contributed by atoms with E-state index in [1.165, 1.54) is 32.1 Å². The molecule has 0 fully saturated rings. The van der Waals surface area contributed by atoms with Crippen molar-refractivity contribution in [2.45, 2.75) is 44.9 Å². The fourth-order valence-corrected chi connectivity index (χ4v) is 7.55. The first-order chi connectivity index (χ1) is 20.5. The molecule has 0 spiro atoms. The van der Waals surface area contributed by atoms with Gasteiger partial charge in [-0.25, -0.2) is 0 Å². The van der Waals surface area contributed by atoms with Crippen molar-refractivity contribution in [2.24, 2.45) is 0 Å². The molecule has 2 heterocycles. The Bertz CT molecular complexity index is 1640. The van der Waals surface area contributed by atoms with Gasteiger partial charge >= 0.3 is 0 Å². The lowest BCUT2D eigenvalue weighted by atomic mass is 9.91. The SMILES string of the molecule is O=C1c2ccc3c4c(ccc(c24)C(=O)N1CCCCNCCCN1C(=O)c2ccc4c5c(ccc(c25)C1=O)CC4)CC3. The Kier molecular flexibility index (Phi) is 5.79. The maximum absolute atomic E-state index is 13.3. The smallest absolute Gasteiger partial charge is 0.261 e. The molecule has 4 aliphatic rings. The van der Waals surface area contributed by atoms with Crippen LogP contribution >= 0.6 is 0 Å². The second kappa shape index (κ2) is 9.60. The molecule has 0 aromatic heterocycles. The van der Waals surface area contributed by atoms with Crippen LogP contribution in [0.3, 0.4) is 0 Å². The lowest BCUT2D eigenvalue weighted by molar-refractivity contribution is 0.0591. The van der Waals surface area contributed by atoms with E-state index in [-0.39, 0.29) is 23.6 Å². The Balaban J connectivity index is 0.838. The van der Waals surface area contributed by atoms with Crippen molar-refractivity contribution in [3.05, 3.63) is 93.0 Å². The van der Waals surface area contributed by atoms with Gasteiger partial charge in [-0.05, 0) is 115 Å². The summed E-state index contributed by atoms with van der Waals surface area (Å²) in [4.78, 5) is 55.8. The summed E-state index contributed by atoms with van der Waals surface area (Å²) < 4.78 is 0. The minimum atomic E-state index is -0.203. The first-order valence-electron chi connectivity index (χ1n) is 15.1. The monoisotopic (exact) mass is 557 g/mol. The molecule has 0 saturated carbocycles. The molecular formula is C35H31N3O4. The van der Waals surface area contributed by atoms with Gasteiger partial charge in [0.2, 0.25) is 0 Å². The molecule has 2 aliphatic carbocycles. The normalized spacial score (nSPS) is 16.6. The Hall–Kier alpha value is -4.36. The summed E-state index contributed by atoms with van der Waals surface area (Å²) in [7, 11) is 0. The van der Waals surface area contributed by atoms with Gasteiger partial charge in [0, 0.05) is 46.1 Å². The Labute approximate surface area is 243 Å². The molecule has 7 nitrogen and oxygen atoms in total. The van der Waals surface area contributed by atoms with Crippen LogP contribution in [-0.4, -0.2) is 59.6 Å². The maximum Gasteiger partial charge on any atom is 0.261 e. The highest BCUT2D eigenvalue weighted by atomic mass is 16.2. The Morgan fingerprint density at radius 2 is 0.810 bits per heavy atom. The third-order valence-electron chi connectivity index (χ3n) is 9.62. The van der Waals surface area contributed by atoms with Gasteiger partial charge in [-0.1, -0.05) is 24.3 Å². The Morgan fingerprint density at radius 3 is 1.21 bits per heavy atom. The highest BCUT2D eigenvalue weighted by Crippen LogP contribution is 2.39. The van der Waals surface area contributed by atoms with Crippen LogP contribution in [0.5, 0.6) is 0 Å². The van der Waals surface area contributed by atoms with E-state index in [2.05, 4.69) is 5.32 Å². The topological polar surface area (TPSA) is 86.8 Å². The van der Waals surface area contributed by atoms with Crippen LogP contribution in [0, 0.1) is 0 Å². The van der Waals surface area contributed by atoms with Gasteiger partial charge in [0.25, 0.3) is 23.6 Å². The fraction of sp³-hybridized carbons (Fsp3) is 0.314. The highest BCUT2D eigenvalue weighted by Gasteiger charge is 2.36. The molecule has 4 aromatic rings. The van der Waals surface area contributed by atoms with Gasteiger partial charge in [0.15, 0.2) is 0 Å². The number of carbonyl (C=O) groups excluding carboxylic acids is 4. The number of unbranched alkanes of at least 4 members (excludes halogenated alkanes) is 1. The molecule has 4 aromatic carbocycles. The summed E-state index contributed by atoms with van der Waals surface area (Å²) >= 11 is 0. The average Bonchev–Trinajstić information content (AvgIpc) is 3.63. The van der Waals surface area contributed by atoms with Gasteiger partial charge in [-0.3, -0.25) is 29.0 Å². The van der Waals surface area contributed by atoms with Crippen molar-refractivity contribution < 1.29 is 19.2 Å². The highest BCUT2D eigenvalue weighted by molar-refractivity contribution is 6.27. The molecule has 0 radical (unpaired) electrons. The number of amides is 4. The molecule has 0 saturated heterocycles. The van der Waals surface area contributed by atoms with Crippen LogP contribution < -0.4 is 5.32 Å². The quantitative estimate of drug-likeness (QED) is 0.235. The third kappa shape index (κ3) is 3.62. The van der Waals surface area contributed by atoms with Crippen LogP contribution in [0.1, 0.15) is 82.9 Å². The largest absolute Gasteiger partial charge is 0.317 e. The zero-order valence-electron chi connectivity index (χ0n) is 23.4. The Morgan fingerprint density at radius 1 is 0.452 bits per heavy atom. The van der Waals surface area contributed by atoms with Crippen molar-refractivity contribution in [1.29, 1.82) is 0 Å². The van der Waals surface area contributed by atoms with Gasteiger partial charge in [-0.2, -0.15) is 0 Å². The number of hydrogen-bond donors (Lipinski definition) is 1. The van der Waals surface area contributed by atoms with Gasteiger partial charge in [-0.15, -0.1) is 0 Å². The molecular weight excluding hydrogens is 526 g/mol. The van der Waals surface area contributed by atoms with Gasteiger partial charge < -0.3 is 5.32 Å². The first kappa shape index (κ1) is 25.4. The van der Waals surface area contributed by atoms with E-state index < -0.39 is 0 Å². The molecule has 0 atom stereocenters. The molecule has 7 heteroatoms. The third-order valence-corrected chi connectivity index (χ3v) is 9.62. The van der Waals surface area contributed by atoms with Crippen molar-refractivity contribution in [3.8, 4) is 0 Å². The van der Waals surface area contributed by atoms with E-state index in [0.29, 0.717) is 54.7 Å². The molecule has 4 amide bonds. The van der Waals surface area contributed by atoms with E-state index in [1.807, 2.05) is 48.5 Å². The number of aryl methyl sites for hydroxylation is 4. The summed E-state index contributed by atoms with van der Waals surface area (Å²) in [5.74, 6) is -0.799. The van der Waals surface area contributed by atoms with E-state index in [4.69, 9.17) is 0 Å². The zero-order valence-corrected chi connectivity index (χ0v) is 23.4. The van der Waals surface area contributed by atoms with E-state index in [1.54, 1.807) is 0 Å². The number of benzene rings is 4. The van der Waals surface area contributed by atoms with Crippen LogP contribution in [0.25, 0.3) is 21.5 Å². The maximum atomic E-state index is 13.3. The van der Waals surface area contributed by atoms with E-state index in [9.17, 15) is 19.2 Å². The minimum absolute atomic E-state index is 0.196. The van der Waals surface area contributed by atoms with Crippen molar-refractivity contribution in [2.75, 3.05) is 26.2 Å². The second-order valence-corrected chi connectivity index (χ2v) is 11.9. The van der Waals surface area contributed by atoms with Crippen LogP contribution in [-0.2, 0) is 25.7 Å². The van der Waals surface area contributed by atoms with Crippen LogP contribution in [0.4, 0.5) is 0 Å². The van der Waals surface area contributed by atoms with Crippen LogP contribution in [0.2, 0.25) is 0 Å².